The third kappa shape index (κ3) is 2.69. The van der Waals surface area contributed by atoms with Crippen molar-refractivity contribution < 1.29 is 9.90 Å². The summed E-state index contributed by atoms with van der Waals surface area (Å²) in [5.41, 5.74) is 0.954. The van der Waals surface area contributed by atoms with Gasteiger partial charge < -0.3 is 10.0 Å². The van der Waals surface area contributed by atoms with E-state index in [0.717, 1.165) is 5.56 Å². The molecule has 0 saturated carbocycles. The van der Waals surface area contributed by atoms with Gasteiger partial charge in [0.25, 0.3) is 5.91 Å². The van der Waals surface area contributed by atoms with E-state index in [4.69, 9.17) is 11.6 Å². The van der Waals surface area contributed by atoms with Crippen molar-refractivity contribution in [3.05, 3.63) is 100 Å². The van der Waals surface area contributed by atoms with Crippen LogP contribution >= 0.6 is 11.6 Å². The fourth-order valence-electron chi connectivity index (χ4n) is 3.52. The second kappa shape index (κ2) is 6.55. The van der Waals surface area contributed by atoms with Crippen LogP contribution in [0, 0.1) is 11.3 Å². The summed E-state index contributed by atoms with van der Waals surface area (Å²) in [5, 5.41) is 21.3. The molecule has 0 radical (unpaired) electrons. The summed E-state index contributed by atoms with van der Waals surface area (Å²) in [5.74, 6) is -0.460. The van der Waals surface area contributed by atoms with E-state index < -0.39 is 11.5 Å². The highest BCUT2D eigenvalue weighted by atomic mass is 35.5. The molecule has 3 aromatic carbocycles. The second-order valence-electron chi connectivity index (χ2n) is 6.40. The molecule has 1 N–H and O–H groups in total. The first-order chi connectivity index (χ1) is 13.1. The maximum absolute atomic E-state index is 13.3. The van der Waals surface area contributed by atoms with Gasteiger partial charge in [0.1, 0.15) is 0 Å². The maximum atomic E-state index is 13.3. The number of hydrogen-bond donors (Lipinski definition) is 1. The highest BCUT2D eigenvalue weighted by molar-refractivity contribution is 6.30. The topological polar surface area (TPSA) is 64.3 Å². The predicted octanol–water partition coefficient (Wildman–Crippen LogP) is 3.99. The van der Waals surface area contributed by atoms with Crippen LogP contribution in [0.25, 0.3) is 0 Å². The summed E-state index contributed by atoms with van der Waals surface area (Å²) in [7, 11) is 0. The molecule has 1 aliphatic heterocycles. The van der Waals surface area contributed by atoms with Crippen LogP contribution in [-0.4, -0.2) is 11.0 Å². The zero-order chi connectivity index (χ0) is 19.0. The lowest BCUT2D eigenvalue weighted by Crippen LogP contribution is -2.41. The number of amides is 1. The molecule has 3 aromatic rings. The van der Waals surface area contributed by atoms with Gasteiger partial charge >= 0.3 is 0 Å². The minimum absolute atomic E-state index is 0.197. The van der Waals surface area contributed by atoms with Crippen LogP contribution in [0.3, 0.4) is 0 Å². The number of carbonyl (C=O) groups is 1. The lowest BCUT2D eigenvalue weighted by atomic mass is 9.87. The van der Waals surface area contributed by atoms with Gasteiger partial charge in [0.2, 0.25) is 0 Å². The smallest absolute Gasteiger partial charge is 0.268 e. The highest BCUT2D eigenvalue weighted by Crippen LogP contribution is 2.45. The molecule has 0 fully saturated rings. The van der Waals surface area contributed by atoms with E-state index in [9.17, 15) is 15.2 Å². The SMILES string of the molecule is N#Cc1ccccc1CN1C(=O)C(O)(c2cccc(Cl)c2)c2ccccc21. The molecule has 0 spiro atoms. The van der Waals surface area contributed by atoms with E-state index in [-0.39, 0.29) is 6.54 Å². The first-order valence-electron chi connectivity index (χ1n) is 8.43. The van der Waals surface area contributed by atoms with Gasteiger partial charge in [-0.3, -0.25) is 4.79 Å². The number of fused-ring (bicyclic) bond motifs is 1. The van der Waals surface area contributed by atoms with Gasteiger partial charge in [-0.05, 0) is 35.4 Å². The van der Waals surface area contributed by atoms with Crippen LogP contribution in [0.5, 0.6) is 0 Å². The molecule has 0 aliphatic carbocycles. The minimum Gasteiger partial charge on any atom is -0.372 e. The average molecular weight is 375 g/mol. The third-order valence-electron chi connectivity index (χ3n) is 4.85. The zero-order valence-electron chi connectivity index (χ0n) is 14.3. The van der Waals surface area contributed by atoms with Crippen LogP contribution < -0.4 is 4.90 Å². The van der Waals surface area contributed by atoms with Gasteiger partial charge in [-0.15, -0.1) is 0 Å². The monoisotopic (exact) mass is 374 g/mol. The van der Waals surface area contributed by atoms with Crippen molar-refractivity contribution in [2.75, 3.05) is 4.90 Å². The molecule has 1 atom stereocenters. The van der Waals surface area contributed by atoms with E-state index in [1.165, 1.54) is 4.90 Å². The standard InChI is InChI=1S/C22H15ClN2O2/c23-18-9-5-8-17(12-18)22(27)19-10-3-4-11-20(19)25(21(22)26)14-16-7-2-1-6-15(16)13-24/h1-12,27H,14H2. The number of nitriles is 1. The minimum atomic E-state index is -1.82. The van der Waals surface area contributed by atoms with Crippen molar-refractivity contribution in [1.82, 2.24) is 0 Å². The molecule has 0 bridgehead atoms. The third-order valence-corrected chi connectivity index (χ3v) is 5.08. The summed E-state index contributed by atoms with van der Waals surface area (Å²) in [6.07, 6.45) is 0. The number of benzene rings is 3. The Kier molecular flexibility index (Phi) is 4.19. The lowest BCUT2D eigenvalue weighted by Gasteiger charge is -2.24. The van der Waals surface area contributed by atoms with Gasteiger partial charge in [0.15, 0.2) is 5.60 Å². The van der Waals surface area contributed by atoms with Crippen LogP contribution in [0.4, 0.5) is 5.69 Å². The normalized spacial score (nSPS) is 18.3. The van der Waals surface area contributed by atoms with Gasteiger partial charge in [-0.2, -0.15) is 5.26 Å². The van der Waals surface area contributed by atoms with Crippen molar-refractivity contribution in [3.8, 4) is 6.07 Å². The Balaban J connectivity index is 1.84. The first kappa shape index (κ1) is 17.3. The van der Waals surface area contributed by atoms with Crippen molar-refractivity contribution in [1.29, 1.82) is 5.26 Å². The van der Waals surface area contributed by atoms with Crippen molar-refractivity contribution in [2.24, 2.45) is 0 Å². The van der Waals surface area contributed by atoms with Crippen LogP contribution in [0.2, 0.25) is 5.02 Å². The molecule has 27 heavy (non-hydrogen) atoms. The maximum Gasteiger partial charge on any atom is 0.268 e. The van der Waals surface area contributed by atoms with Gasteiger partial charge in [0.05, 0.1) is 23.9 Å². The Labute approximate surface area is 161 Å². The van der Waals surface area contributed by atoms with Crippen LogP contribution in [0.1, 0.15) is 22.3 Å². The number of halogens is 1. The average Bonchev–Trinajstić information content (AvgIpc) is 2.91. The molecule has 132 valence electrons. The summed E-state index contributed by atoms with van der Waals surface area (Å²) in [4.78, 5) is 14.9. The summed E-state index contributed by atoms with van der Waals surface area (Å²) < 4.78 is 0. The largest absolute Gasteiger partial charge is 0.372 e. The number of rotatable bonds is 3. The molecule has 1 amide bonds. The summed E-state index contributed by atoms with van der Waals surface area (Å²) >= 11 is 6.09. The van der Waals surface area contributed by atoms with Crippen LogP contribution in [0.15, 0.2) is 72.8 Å². The molecule has 1 aliphatic rings. The molecule has 4 nitrogen and oxygen atoms in total. The van der Waals surface area contributed by atoms with E-state index in [1.54, 1.807) is 54.6 Å². The number of anilines is 1. The fraction of sp³-hybridized carbons (Fsp3) is 0.0909. The number of carbonyl (C=O) groups excluding carboxylic acids is 1. The summed E-state index contributed by atoms with van der Waals surface area (Å²) in [6, 6.07) is 23.1. The molecule has 0 saturated heterocycles. The van der Waals surface area contributed by atoms with Gasteiger partial charge in [-0.1, -0.05) is 60.1 Å². The van der Waals surface area contributed by atoms with Gasteiger partial charge in [-0.25, -0.2) is 0 Å². The Bertz CT molecular complexity index is 1090. The highest BCUT2D eigenvalue weighted by Gasteiger charge is 2.51. The molecular weight excluding hydrogens is 360 g/mol. The number of hydrogen-bond acceptors (Lipinski definition) is 3. The number of para-hydroxylation sites is 1. The van der Waals surface area contributed by atoms with Crippen LogP contribution in [-0.2, 0) is 16.9 Å². The van der Waals surface area contributed by atoms with E-state index in [0.29, 0.717) is 27.4 Å². The van der Waals surface area contributed by atoms with Crippen molar-refractivity contribution in [2.45, 2.75) is 12.1 Å². The summed E-state index contributed by atoms with van der Waals surface area (Å²) in [6.45, 7) is 0.197. The molecular formula is C22H15ClN2O2. The Morgan fingerprint density at radius 1 is 1.04 bits per heavy atom. The molecule has 0 aromatic heterocycles. The lowest BCUT2D eigenvalue weighted by molar-refractivity contribution is -0.132. The molecule has 1 unspecified atom stereocenters. The zero-order valence-corrected chi connectivity index (χ0v) is 15.0. The molecule has 1 heterocycles. The molecule has 4 rings (SSSR count). The fourth-order valence-corrected chi connectivity index (χ4v) is 3.71. The quantitative estimate of drug-likeness (QED) is 0.753. The number of nitrogens with zero attached hydrogens (tertiary/aromatic N) is 2. The van der Waals surface area contributed by atoms with Crippen molar-refractivity contribution >= 4 is 23.2 Å². The van der Waals surface area contributed by atoms with Gasteiger partial charge in [0, 0.05) is 10.6 Å². The Morgan fingerprint density at radius 2 is 1.78 bits per heavy atom. The molecule has 5 heteroatoms. The van der Waals surface area contributed by atoms with E-state index >= 15 is 0 Å². The second-order valence-corrected chi connectivity index (χ2v) is 6.83. The Morgan fingerprint density at radius 3 is 2.56 bits per heavy atom. The van der Waals surface area contributed by atoms with E-state index in [1.807, 2.05) is 18.2 Å². The van der Waals surface area contributed by atoms with Crippen molar-refractivity contribution in [3.63, 3.8) is 0 Å². The van der Waals surface area contributed by atoms with E-state index in [2.05, 4.69) is 6.07 Å². The number of aliphatic hydroxyl groups is 1. The first-order valence-corrected chi connectivity index (χ1v) is 8.81. The Hall–Kier alpha value is -3.13. The predicted molar refractivity (Wildman–Crippen MR) is 103 cm³/mol.